The number of amides is 1. The number of amidine groups is 1. The second kappa shape index (κ2) is 6.80. The van der Waals surface area contributed by atoms with Gasteiger partial charge in [-0.3, -0.25) is 4.79 Å². The quantitative estimate of drug-likeness (QED) is 0.774. The first kappa shape index (κ1) is 18.3. The topological polar surface area (TPSA) is 66.8 Å². The lowest BCUT2D eigenvalue weighted by atomic mass is 10.1. The second-order valence-corrected chi connectivity index (χ2v) is 10.3. The minimum absolute atomic E-state index is 0.0942. The Kier molecular flexibility index (Phi) is 4.60. The monoisotopic (exact) mass is 400 g/mol. The SMILES string of the molecule is Cc1cccc(C)c1N1C(=NC(=O)c2ccccc2)SC2CS(=O)(=O)CC21. The van der Waals surface area contributed by atoms with Crippen molar-refractivity contribution in [2.24, 2.45) is 4.99 Å². The number of rotatable bonds is 2. The van der Waals surface area contributed by atoms with Crippen LogP contribution in [-0.2, 0) is 9.84 Å². The van der Waals surface area contributed by atoms with Crippen LogP contribution in [0.3, 0.4) is 0 Å². The molecule has 27 heavy (non-hydrogen) atoms. The van der Waals surface area contributed by atoms with E-state index in [0.29, 0.717) is 10.7 Å². The summed E-state index contributed by atoms with van der Waals surface area (Å²) in [5, 5.41) is 0.488. The fourth-order valence-electron chi connectivity index (χ4n) is 3.74. The van der Waals surface area contributed by atoms with Crippen molar-refractivity contribution in [3.05, 3.63) is 65.2 Å². The maximum absolute atomic E-state index is 12.6. The third-order valence-corrected chi connectivity index (χ3v) is 8.17. The number of fused-ring (bicyclic) bond motifs is 1. The molecule has 2 aromatic carbocycles. The summed E-state index contributed by atoms with van der Waals surface area (Å²) in [4.78, 5) is 19.0. The van der Waals surface area contributed by atoms with E-state index in [1.54, 1.807) is 24.3 Å². The van der Waals surface area contributed by atoms with Crippen LogP contribution in [-0.4, -0.2) is 42.3 Å². The average molecular weight is 401 g/mol. The van der Waals surface area contributed by atoms with Crippen LogP contribution in [0.1, 0.15) is 21.5 Å². The Morgan fingerprint density at radius 2 is 1.70 bits per heavy atom. The van der Waals surface area contributed by atoms with Crippen molar-refractivity contribution in [1.29, 1.82) is 0 Å². The molecule has 4 rings (SSSR count). The molecule has 0 aromatic heterocycles. The van der Waals surface area contributed by atoms with Crippen LogP contribution in [0.15, 0.2) is 53.5 Å². The minimum Gasteiger partial charge on any atom is -0.315 e. The number of carbonyl (C=O) groups excluding carboxylic acids is 1. The van der Waals surface area contributed by atoms with Crippen molar-refractivity contribution in [3.63, 3.8) is 0 Å². The van der Waals surface area contributed by atoms with Gasteiger partial charge in [0.15, 0.2) is 15.0 Å². The fourth-order valence-corrected chi connectivity index (χ4v) is 7.64. The molecule has 0 aliphatic carbocycles. The minimum atomic E-state index is -3.08. The summed E-state index contributed by atoms with van der Waals surface area (Å²) in [6, 6.07) is 14.7. The number of thioether (sulfide) groups is 1. The summed E-state index contributed by atoms with van der Waals surface area (Å²) in [6.45, 7) is 4.00. The van der Waals surface area contributed by atoms with E-state index in [1.165, 1.54) is 11.8 Å². The molecule has 5 nitrogen and oxygen atoms in total. The van der Waals surface area contributed by atoms with Crippen LogP contribution in [0.5, 0.6) is 0 Å². The molecule has 2 aromatic rings. The molecule has 0 saturated carbocycles. The van der Waals surface area contributed by atoms with Gasteiger partial charge in [0.05, 0.1) is 17.5 Å². The van der Waals surface area contributed by atoms with E-state index in [1.807, 2.05) is 43.0 Å². The smallest absolute Gasteiger partial charge is 0.279 e. The van der Waals surface area contributed by atoms with Crippen molar-refractivity contribution in [3.8, 4) is 0 Å². The number of hydrogen-bond acceptors (Lipinski definition) is 4. The second-order valence-electron chi connectivity index (χ2n) is 6.98. The van der Waals surface area contributed by atoms with Crippen molar-refractivity contribution < 1.29 is 13.2 Å². The fraction of sp³-hybridized carbons (Fsp3) is 0.300. The number of nitrogens with zero attached hydrogens (tertiary/aromatic N) is 2. The summed E-state index contributed by atoms with van der Waals surface area (Å²) >= 11 is 1.40. The molecular formula is C20H20N2O3S2. The van der Waals surface area contributed by atoms with Crippen molar-refractivity contribution >= 4 is 38.4 Å². The predicted molar refractivity (Wildman–Crippen MR) is 110 cm³/mol. The first-order valence-corrected chi connectivity index (χ1v) is 11.5. The maximum atomic E-state index is 12.6. The van der Waals surface area contributed by atoms with E-state index in [-0.39, 0.29) is 28.7 Å². The highest BCUT2D eigenvalue weighted by molar-refractivity contribution is 8.16. The molecule has 2 aliphatic rings. The third kappa shape index (κ3) is 3.41. The Morgan fingerprint density at radius 1 is 1.04 bits per heavy atom. The van der Waals surface area contributed by atoms with Gasteiger partial charge < -0.3 is 4.90 Å². The number of aryl methyl sites for hydroxylation is 2. The standard InChI is InChI=1S/C20H20N2O3S2/c1-13-7-6-8-14(2)18(13)22-16-11-27(24,25)12-17(16)26-20(22)21-19(23)15-9-4-3-5-10-15/h3-10,16-17H,11-12H2,1-2H3. The van der Waals surface area contributed by atoms with E-state index in [9.17, 15) is 13.2 Å². The summed E-state index contributed by atoms with van der Waals surface area (Å²) in [5.41, 5.74) is 3.56. The van der Waals surface area contributed by atoms with Gasteiger partial charge in [0.25, 0.3) is 5.91 Å². The Bertz CT molecular complexity index is 1010. The van der Waals surface area contributed by atoms with E-state index in [0.717, 1.165) is 16.8 Å². The average Bonchev–Trinajstić information content (AvgIpc) is 3.07. The Labute approximate surface area is 163 Å². The van der Waals surface area contributed by atoms with Gasteiger partial charge >= 0.3 is 0 Å². The highest BCUT2D eigenvalue weighted by atomic mass is 32.2. The lowest BCUT2D eigenvalue weighted by molar-refractivity contribution is 0.100. The van der Waals surface area contributed by atoms with Gasteiger partial charge in [-0.05, 0) is 37.1 Å². The van der Waals surface area contributed by atoms with E-state index < -0.39 is 9.84 Å². The summed E-state index contributed by atoms with van der Waals surface area (Å²) in [5.74, 6) is -0.0867. The number of carbonyl (C=O) groups is 1. The zero-order valence-electron chi connectivity index (χ0n) is 15.1. The molecule has 0 bridgehead atoms. The van der Waals surface area contributed by atoms with Crippen molar-refractivity contribution in [2.75, 3.05) is 16.4 Å². The van der Waals surface area contributed by atoms with Gasteiger partial charge in [-0.25, -0.2) is 8.42 Å². The molecule has 2 fully saturated rings. The lowest BCUT2D eigenvalue weighted by Gasteiger charge is -2.27. The number of para-hydroxylation sites is 1. The first-order chi connectivity index (χ1) is 12.9. The molecular weight excluding hydrogens is 380 g/mol. The number of anilines is 1. The van der Waals surface area contributed by atoms with E-state index in [2.05, 4.69) is 4.99 Å². The summed E-state index contributed by atoms with van der Waals surface area (Å²) < 4.78 is 24.4. The molecule has 2 saturated heterocycles. The van der Waals surface area contributed by atoms with Crippen molar-refractivity contribution in [2.45, 2.75) is 25.1 Å². The summed E-state index contributed by atoms with van der Waals surface area (Å²) in [7, 11) is -3.08. The lowest BCUT2D eigenvalue weighted by Crippen LogP contribution is -2.38. The first-order valence-electron chi connectivity index (χ1n) is 8.76. The van der Waals surface area contributed by atoms with Crippen LogP contribution >= 0.6 is 11.8 Å². The molecule has 140 valence electrons. The van der Waals surface area contributed by atoms with Gasteiger partial charge in [-0.15, -0.1) is 0 Å². The largest absolute Gasteiger partial charge is 0.315 e. The third-order valence-electron chi connectivity index (χ3n) is 4.96. The maximum Gasteiger partial charge on any atom is 0.279 e. The normalized spacial score (nSPS) is 25.0. The molecule has 0 spiro atoms. The Morgan fingerprint density at radius 3 is 2.37 bits per heavy atom. The van der Waals surface area contributed by atoms with Crippen LogP contribution in [0, 0.1) is 13.8 Å². The highest BCUT2D eigenvalue weighted by Gasteiger charge is 2.49. The highest BCUT2D eigenvalue weighted by Crippen LogP contribution is 2.43. The van der Waals surface area contributed by atoms with Gasteiger partial charge in [-0.1, -0.05) is 48.2 Å². The Balaban J connectivity index is 1.79. The molecule has 2 heterocycles. The number of hydrogen-bond donors (Lipinski definition) is 0. The summed E-state index contributed by atoms with van der Waals surface area (Å²) in [6.07, 6.45) is 0. The van der Waals surface area contributed by atoms with Crippen LogP contribution in [0.25, 0.3) is 0 Å². The van der Waals surface area contributed by atoms with E-state index in [4.69, 9.17) is 0 Å². The van der Waals surface area contributed by atoms with Crippen LogP contribution in [0.2, 0.25) is 0 Å². The molecule has 0 radical (unpaired) electrons. The van der Waals surface area contributed by atoms with Gasteiger partial charge in [0.2, 0.25) is 0 Å². The molecule has 2 aliphatic heterocycles. The van der Waals surface area contributed by atoms with Crippen molar-refractivity contribution in [1.82, 2.24) is 0 Å². The molecule has 2 atom stereocenters. The molecule has 1 amide bonds. The predicted octanol–water partition coefficient (Wildman–Crippen LogP) is 3.22. The van der Waals surface area contributed by atoms with Gasteiger partial charge in [-0.2, -0.15) is 4.99 Å². The Hall–Kier alpha value is -2.12. The molecule has 0 N–H and O–H groups in total. The van der Waals surface area contributed by atoms with E-state index >= 15 is 0 Å². The zero-order chi connectivity index (χ0) is 19.2. The van der Waals surface area contributed by atoms with Crippen LogP contribution < -0.4 is 4.90 Å². The van der Waals surface area contributed by atoms with Gasteiger partial charge in [0, 0.05) is 16.5 Å². The number of benzene rings is 2. The molecule has 2 unspecified atom stereocenters. The zero-order valence-corrected chi connectivity index (χ0v) is 16.8. The number of aliphatic imine (C=N–C) groups is 1. The van der Waals surface area contributed by atoms with Crippen LogP contribution in [0.4, 0.5) is 5.69 Å². The molecule has 7 heteroatoms. The number of sulfone groups is 1. The van der Waals surface area contributed by atoms with Gasteiger partial charge in [0.1, 0.15) is 0 Å².